The van der Waals surface area contributed by atoms with E-state index in [1.54, 1.807) is 6.08 Å². The van der Waals surface area contributed by atoms with Crippen LogP contribution in [-0.2, 0) is 0 Å². The number of hydrogen-bond donors (Lipinski definition) is 1. The molecule has 1 atom stereocenters. The maximum Gasteiger partial charge on any atom is 0.318 e. The number of urea groups is 1. The van der Waals surface area contributed by atoms with Crippen molar-refractivity contribution in [1.82, 2.24) is 10.2 Å². The van der Waals surface area contributed by atoms with E-state index >= 15 is 0 Å². The van der Waals surface area contributed by atoms with Gasteiger partial charge in [-0.15, -0.1) is 0 Å². The zero-order valence-corrected chi connectivity index (χ0v) is 9.36. The van der Waals surface area contributed by atoms with Gasteiger partial charge in [0.1, 0.15) is 0 Å². The molecule has 0 aromatic heterocycles. The number of allylic oxidation sites excluding steroid dienone is 3. The van der Waals surface area contributed by atoms with Crippen molar-refractivity contribution in [3.8, 4) is 0 Å². The molecule has 0 aromatic rings. The van der Waals surface area contributed by atoms with Gasteiger partial charge in [-0.25, -0.2) is 4.79 Å². The summed E-state index contributed by atoms with van der Waals surface area (Å²) < 4.78 is 0. The summed E-state index contributed by atoms with van der Waals surface area (Å²) in [5.41, 5.74) is 1.12. The average Bonchev–Trinajstić information content (AvgIpc) is 2.52. The third-order valence-corrected chi connectivity index (χ3v) is 2.34. The van der Waals surface area contributed by atoms with Crippen LogP contribution >= 0.6 is 0 Å². The van der Waals surface area contributed by atoms with Crippen LogP contribution in [-0.4, -0.2) is 30.1 Å². The molecule has 0 aliphatic carbocycles. The molecule has 1 heterocycles. The molecule has 1 N–H and O–H groups in total. The summed E-state index contributed by atoms with van der Waals surface area (Å²) in [7, 11) is 0. The molecule has 0 radical (unpaired) electrons. The van der Waals surface area contributed by atoms with E-state index in [0.29, 0.717) is 6.54 Å². The largest absolute Gasteiger partial charge is 0.334 e. The Hall–Kier alpha value is -1.51. The first-order valence-corrected chi connectivity index (χ1v) is 5.17. The molecule has 1 fully saturated rings. The number of hydrogen-bond acceptors (Lipinski definition) is 1. The molecular weight excluding hydrogens is 188 g/mol. The second-order valence-corrected chi connectivity index (χ2v) is 3.69. The molecule has 1 aliphatic heterocycles. The number of carbonyl (C=O) groups excluding carboxylic acids is 1. The molecule has 82 valence electrons. The minimum absolute atomic E-state index is 0.0221. The standard InChI is InChI=1S/C12H18N2O/c1-4-6-7-11(5-2)9-14-8-10(3)13-12(14)15/h4-7,10H,1,8-9H2,2-3H3,(H,13,15)/b7-6-,11-5+. The van der Waals surface area contributed by atoms with E-state index in [0.717, 1.165) is 12.1 Å². The Kier molecular flexibility index (Phi) is 4.16. The van der Waals surface area contributed by atoms with Gasteiger partial charge < -0.3 is 10.2 Å². The van der Waals surface area contributed by atoms with E-state index in [-0.39, 0.29) is 12.1 Å². The second kappa shape index (κ2) is 5.39. The highest BCUT2D eigenvalue weighted by molar-refractivity contribution is 5.77. The van der Waals surface area contributed by atoms with Crippen LogP contribution in [0.15, 0.2) is 36.5 Å². The molecule has 1 unspecified atom stereocenters. The monoisotopic (exact) mass is 206 g/mol. The van der Waals surface area contributed by atoms with Crippen molar-refractivity contribution in [2.75, 3.05) is 13.1 Å². The summed E-state index contributed by atoms with van der Waals surface area (Å²) in [4.78, 5) is 13.3. The summed E-state index contributed by atoms with van der Waals surface area (Å²) in [6.07, 6.45) is 7.60. The summed E-state index contributed by atoms with van der Waals surface area (Å²) in [5.74, 6) is 0. The molecule has 2 amide bonds. The first kappa shape index (κ1) is 11.6. The molecule has 0 aromatic carbocycles. The molecule has 1 rings (SSSR count). The Morgan fingerprint density at radius 3 is 2.93 bits per heavy atom. The minimum atomic E-state index is 0.0221. The zero-order valence-electron chi connectivity index (χ0n) is 9.36. The highest BCUT2D eigenvalue weighted by Gasteiger charge is 2.25. The number of nitrogens with zero attached hydrogens (tertiary/aromatic N) is 1. The van der Waals surface area contributed by atoms with Crippen molar-refractivity contribution in [1.29, 1.82) is 0 Å². The number of amides is 2. The lowest BCUT2D eigenvalue weighted by Gasteiger charge is -2.14. The van der Waals surface area contributed by atoms with Crippen molar-refractivity contribution >= 4 is 6.03 Å². The van der Waals surface area contributed by atoms with E-state index in [4.69, 9.17) is 0 Å². The van der Waals surface area contributed by atoms with Gasteiger partial charge in [0.25, 0.3) is 0 Å². The Morgan fingerprint density at radius 1 is 1.73 bits per heavy atom. The second-order valence-electron chi connectivity index (χ2n) is 3.69. The molecule has 1 aliphatic rings. The lowest BCUT2D eigenvalue weighted by Crippen LogP contribution is -2.29. The Morgan fingerprint density at radius 2 is 2.47 bits per heavy atom. The summed E-state index contributed by atoms with van der Waals surface area (Å²) in [6.45, 7) is 9.04. The molecule has 1 saturated heterocycles. The summed E-state index contributed by atoms with van der Waals surface area (Å²) >= 11 is 0. The SMILES string of the molecule is C=C/C=C\C(=C/C)CN1CC(C)NC1=O. The van der Waals surface area contributed by atoms with Crippen molar-refractivity contribution in [2.24, 2.45) is 0 Å². The van der Waals surface area contributed by atoms with Crippen LogP contribution in [0.5, 0.6) is 0 Å². The fourth-order valence-corrected chi connectivity index (χ4v) is 1.55. The maximum absolute atomic E-state index is 11.5. The van der Waals surface area contributed by atoms with Crippen molar-refractivity contribution < 1.29 is 4.79 Å². The molecule has 0 bridgehead atoms. The van der Waals surface area contributed by atoms with Crippen LogP contribution in [0.25, 0.3) is 0 Å². The fraction of sp³-hybridized carbons (Fsp3) is 0.417. The first-order chi connectivity index (χ1) is 7.17. The van der Waals surface area contributed by atoms with Gasteiger partial charge in [0.05, 0.1) is 0 Å². The molecule has 15 heavy (non-hydrogen) atoms. The zero-order chi connectivity index (χ0) is 11.3. The maximum atomic E-state index is 11.5. The van der Waals surface area contributed by atoms with E-state index < -0.39 is 0 Å². The topological polar surface area (TPSA) is 32.3 Å². The van der Waals surface area contributed by atoms with Gasteiger partial charge in [-0.2, -0.15) is 0 Å². The fourth-order valence-electron chi connectivity index (χ4n) is 1.55. The van der Waals surface area contributed by atoms with Gasteiger partial charge in [-0.1, -0.05) is 30.9 Å². The Bertz CT molecular complexity index is 305. The highest BCUT2D eigenvalue weighted by Crippen LogP contribution is 2.08. The van der Waals surface area contributed by atoms with Crippen molar-refractivity contribution in [3.63, 3.8) is 0 Å². The molecule has 0 saturated carbocycles. The van der Waals surface area contributed by atoms with E-state index in [1.165, 1.54) is 0 Å². The predicted molar refractivity (Wildman–Crippen MR) is 62.7 cm³/mol. The van der Waals surface area contributed by atoms with Gasteiger partial charge in [-0.05, 0) is 19.4 Å². The Labute approximate surface area is 91.2 Å². The van der Waals surface area contributed by atoms with Crippen molar-refractivity contribution in [2.45, 2.75) is 19.9 Å². The predicted octanol–water partition coefficient (Wildman–Crippen LogP) is 2.09. The number of nitrogens with one attached hydrogen (secondary N) is 1. The van der Waals surface area contributed by atoms with Crippen LogP contribution < -0.4 is 5.32 Å². The number of rotatable bonds is 4. The van der Waals surface area contributed by atoms with Gasteiger partial charge >= 0.3 is 6.03 Å². The van der Waals surface area contributed by atoms with E-state index in [9.17, 15) is 4.79 Å². The summed E-state index contributed by atoms with van der Waals surface area (Å²) in [5, 5.41) is 2.87. The quantitative estimate of drug-likeness (QED) is 0.702. The van der Waals surface area contributed by atoms with E-state index in [2.05, 4.69) is 11.9 Å². The third kappa shape index (κ3) is 3.27. The number of carbonyl (C=O) groups is 1. The van der Waals surface area contributed by atoms with Crippen LogP contribution in [0.1, 0.15) is 13.8 Å². The first-order valence-electron chi connectivity index (χ1n) is 5.17. The molecule has 3 heteroatoms. The Balaban J connectivity index is 2.56. The third-order valence-electron chi connectivity index (χ3n) is 2.34. The van der Waals surface area contributed by atoms with Gasteiger partial charge in [0, 0.05) is 19.1 Å². The lowest BCUT2D eigenvalue weighted by molar-refractivity contribution is 0.221. The van der Waals surface area contributed by atoms with Crippen LogP contribution in [0.3, 0.4) is 0 Å². The van der Waals surface area contributed by atoms with Crippen LogP contribution in [0, 0.1) is 0 Å². The van der Waals surface area contributed by atoms with Gasteiger partial charge in [0.2, 0.25) is 0 Å². The smallest absolute Gasteiger partial charge is 0.318 e. The molecular formula is C12H18N2O. The summed E-state index contributed by atoms with van der Waals surface area (Å²) in [6, 6.07) is 0.271. The van der Waals surface area contributed by atoms with Crippen LogP contribution in [0.4, 0.5) is 4.79 Å². The van der Waals surface area contributed by atoms with Crippen LogP contribution in [0.2, 0.25) is 0 Å². The van der Waals surface area contributed by atoms with E-state index in [1.807, 2.05) is 37.0 Å². The molecule has 0 spiro atoms. The minimum Gasteiger partial charge on any atom is -0.334 e. The average molecular weight is 206 g/mol. The normalized spacial score (nSPS) is 22.3. The lowest BCUT2D eigenvalue weighted by atomic mass is 10.2. The van der Waals surface area contributed by atoms with Crippen molar-refractivity contribution in [3.05, 3.63) is 36.5 Å². The highest BCUT2D eigenvalue weighted by atomic mass is 16.2. The molecule has 3 nitrogen and oxygen atoms in total. The van der Waals surface area contributed by atoms with Gasteiger partial charge in [0.15, 0.2) is 0 Å². The van der Waals surface area contributed by atoms with Gasteiger partial charge in [-0.3, -0.25) is 0 Å².